The molecule has 1 aliphatic carbocycles. The fourth-order valence-corrected chi connectivity index (χ4v) is 3.16. The molecule has 0 saturated heterocycles. The van der Waals surface area contributed by atoms with E-state index in [2.05, 4.69) is 15.0 Å². The van der Waals surface area contributed by atoms with Crippen LogP contribution < -0.4 is 0 Å². The number of fused-ring (bicyclic) bond motifs is 1. The second-order valence-electron chi connectivity index (χ2n) is 5.76. The van der Waals surface area contributed by atoms with E-state index in [-0.39, 0.29) is 6.04 Å². The maximum absolute atomic E-state index is 12.4. The van der Waals surface area contributed by atoms with Crippen LogP contribution >= 0.6 is 11.6 Å². The quantitative estimate of drug-likeness (QED) is 0.338. The summed E-state index contributed by atoms with van der Waals surface area (Å²) in [5.41, 5.74) is 1.59. The number of hydroxylamine groups is 2. The van der Waals surface area contributed by atoms with Gasteiger partial charge in [-0.3, -0.25) is 10.0 Å². The van der Waals surface area contributed by atoms with Crippen LogP contribution in [0.1, 0.15) is 22.8 Å². The number of carbonyl (C=O) groups is 1. The molecule has 1 N–H and O–H groups in total. The Hall–Kier alpha value is -2.77. The molecule has 3 aromatic rings. The Morgan fingerprint density at radius 2 is 2.00 bits per heavy atom. The first kappa shape index (κ1) is 15.7. The number of aromatic nitrogens is 4. The number of imidazole rings is 1. The topological polar surface area (TPSA) is 84.1 Å². The Bertz CT molecular complexity index is 956. The van der Waals surface area contributed by atoms with E-state index in [1.165, 1.54) is 6.33 Å². The molecule has 7 nitrogen and oxygen atoms in total. The zero-order chi connectivity index (χ0) is 17.4. The number of carbonyl (C=O) groups excluding carboxylic acids is 1. The van der Waals surface area contributed by atoms with Crippen molar-refractivity contribution in [2.24, 2.45) is 0 Å². The minimum Gasteiger partial charge on any atom is -0.308 e. The van der Waals surface area contributed by atoms with Crippen LogP contribution in [0.3, 0.4) is 0 Å². The summed E-state index contributed by atoms with van der Waals surface area (Å²) in [6.45, 7) is 0. The summed E-state index contributed by atoms with van der Waals surface area (Å²) in [5.74, 6) is -0.434. The van der Waals surface area contributed by atoms with E-state index >= 15 is 0 Å². The number of allylic oxidation sites excluding steroid dienone is 1. The van der Waals surface area contributed by atoms with Gasteiger partial charge in [0.2, 0.25) is 0 Å². The summed E-state index contributed by atoms with van der Waals surface area (Å²) >= 11 is 6.03. The van der Waals surface area contributed by atoms with Crippen molar-refractivity contribution < 1.29 is 10.0 Å². The second kappa shape index (κ2) is 6.27. The number of amides is 1. The molecule has 4 rings (SSSR count). The molecule has 2 heterocycles. The normalized spacial score (nSPS) is 19.4. The first-order valence-corrected chi connectivity index (χ1v) is 8.12. The molecule has 0 unspecified atom stereocenters. The highest BCUT2D eigenvalue weighted by Gasteiger charge is 2.29. The molecule has 25 heavy (non-hydrogen) atoms. The first-order chi connectivity index (χ1) is 12.1. The van der Waals surface area contributed by atoms with Crippen molar-refractivity contribution in [3.8, 4) is 0 Å². The van der Waals surface area contributed by atoms with E-state index in [0.29, 0.717) is 28.3 Å². The third-order valence-electron chi connectivity index (χ3n) is 4.25. The van der Waals surface area contributed by atoms with E-state index in [9.17, 15) is 10.0 Å². The molecule has 126 valence electrons. The van der Waals surface area contributed by atoms with Gasteiger partial charge in [0, 0.05) is 5.56 Å². The maximum atomic E-state index is 12.4. The summed E-state index contributed by atoms with van der Waals surface area (Å²) in [6, 6.07) is 8.17. The molecular formula is C17H14ClN5O2. The molecule has 0 saturated carbocycles. The van der Waals surface area contributed by atoms with Gasteiger partial charge < -0.3 is 4.57 Å². The van der Waals surface area contributed by atoms with Gasteiger partial charge in [-0.25, -0.2) is 20.0 Å². The lowest BCUT2D eigenvalue weighted by atomic mass is 10.1. The lowest BCUT2D eigenvalue weighted by molar-refractivity contribution is -0.0777. The number of hydrogen-bond acceptors (Lipinski definition) is 5. The van der Waals surface area contributed by atoms with Gasteiger partial charge in [0.15, 0.2) is 10.8 Å². The average molecular weight is 356 g/mol. The van der Waals surface area contributed by atoms with Crippen molar-refractivity contribution in [3.63, 3.8) is 0 Å². The highest BCUT2D eigenvalue weighted by molar-refractivity contribution is 6.33. The molecule has 1 amide bonds. The molecule has 1 aromatic carbocycles. The predicted molar refractivity (Wildman–Crippen MR) is 91.3 cm³/mol. The third-order valence-corrected chi connectivity index (χ3v) is 4.53. The van der Waals surface area contributed by atoms with Gasteiger partial charge in [0.25, 0.3) is 5.91 Å². The summed E-state index contributed by atoms with van der Waals surface area (Å²) in [7, 11) is 0. The summed E-state index contributed by atoms with van der Waals surface area (Å²) in [5, 5.41) is 11.4. The molecular weight excluding hydrogens is 342 g/mol. The van der Waals surface area contributed by atoms with Crippen LogP contribution in [0, 0.1) is 0 Å². The average Bonchev–Trinajstić information content (AvgIpc) is 3.28. The fourth-order valence-electron chi connectivity index (χ4n) is 2.98. The van der Waals surface area contributed by atoms with Crippen molar-refractivity contribution in [3.05, 3.63) is 65.9 Å². The van der Waals surface area contributed by atoms with Crippen molar-refractivity contribution >= 4 is 28.7 Å². The van der Waals surface area contributed by atoms with E-state index in [4.69, 9.17) is 11.6 Å². The van der Waals surface area contributed by atoms with Crippen molar-refractivity contribution in [1.29, 1.82) is 0 Å². The molecule has 8 heteroatoms. The third kappa shape index (κ3) is 2.77. The van der Waals surface area contributed by atoms with Crippen molar-refractivity contribution in [2.75, 3.05) is 0 Å². The molecule has 1 aliphatic rings. The van der Waals surface area contributed by atoms with E-state index in [1.54, 1.807) is 36.7 Å². The molecule has 0 aliphatic heterocycles. The zero-order valence-corrected chi connectivity index (χ0v) is 13.8. The Labute approximate surface area is 148 Å². The molecule has 2 aromatic heterocycles. The fraction of sp³-hybridized carbons (Fsp3) is 0.176. The molecule has 0 radical (unpaired) electrons. The van der Waals surface area contributed by atoms with Gasteiger partial charge in [0.05, 0.1) is 18.4 Å². The summed E-state index contributed by atoms with van der Waals surface area (Å²) in [6.07, 6.45) is 7.27. The highest BCUT2D eigenvalue weighted by atomic mass is 35.5. The van der Waals surface area contributed by atoms with E-state index < -0.39 is 11.9 Å². The van der Waals surface area contributed by atoms with Crippen LogP contribution in [0.25, 0.3) is 11.2 Å². The number of benzene rings is 1. The minimum atomic E-state index is -0.434. The van der Waals surface area contributed by atoms with Crippen LogP contribution in [0.15, 0.2) is 55.1 Å². The van der Waals surface area contributed by atoms with E-state index in [0.717, 1.165) is 5.06 Å². The largest absolute Gasteiger partial charge is 0.308 e. The Morgan fingerprint density at radius 1 is 1.20 bits per heavy atom. The van der Waals surface area contributed by atoms with Crippen LogP contribution in [0.2, 0.25) is 5.15 Å². The van der Waals surface area contributed by atoms with Gasteiger partial charge in [-0.15, -0.1) is 0 Å². The standard InChI is InChI=1S/C17H14ClN5O2/c18-15-14-16(20-9-19-15)22(10-21-14)12-6-7-13(8-12)23(25)17(24)11-4-2-1-3-5-11/h1-7,9-10,12-13,25H,8H2/t12-,13+/m1/s1. The Balaban J connectivity index is 1.54. The zero-order valence-electron chi connectivity index (χ0n) is 13.0. The van der Waals surface area contributed by atoms with Gasteiger partial charge in [-0.2, -0.15) is 0 Å². The SMILES string of the molecule is O=C(c1ccccc1)N(O)[C@H]1C=C[C@@H](n2cnc3c(Cl)ncnc32)C1. The Morgan fingerprint density at radius 3 is 2.80 bits per heavy atom. The molecule has 2 atom stereocenters. The predicted octanol–water partition coefficient (Wildman–Crippen LogP) is 2.88. The smallest absolute Gasteiger partial charge is 0.277 e. The maximum Gasteiger partial charge on any atom is 0.277 e. The molecule has 0 spiro atoms. The monoisotopic (exact) mass is 355 g/mol. The van der Waals surface area contributed by atoms with Gasteiger partial charge in [0.1, 0.15) is 11.8 Å². The van der Waals surface area contributed by atoms with E-state index in [1.807, 2.05) is 16.7 Å². The van der Waals surface area contributed by atoms with Crippen molar-refractivity contribution in [2.45, 2.75) is 18.5 Å². The minimum absolute atomic E-state index is 0.0841. The Kier molecular flexibility index (Phi) is 3.95. The van der Waals surface area contributed by atoms with Crippen LogP contribution in [0.4, 0.5) is 0 Å². The van der Waals surface area contributed by atoms with Gasteiger partial charge >= 0.3 is 0 Å². The highest BCUT2D eigenvalue weighted by Crippen LogP contribution is 2.30. The van der Waals surface area contributed by atoms with Crippen LogP contribution in [-0.4, -0.2) is 41.7 Å². The lowest BCUT2D eigenvalue weighted by Gasteiger charge is -2.22. The van der Waals surface area contributed by atoms with Crippen molar-refractivity contribution in [1.82, 2.24) is 24.6 Å². The number of halogens is 1. The molecule has 0 bridgehead atoms. The number of nitrogens with zero attached hydrogens (tertiary/aromatic N) is 5. The first-order valence-electron chi connectivity index (χ1n) is 7.74. The van der Waals surface area contributed by atoms with Gasteiger partial charge in [-0.05, 0) is 18.6 Å². The summed E-state index contributed by atoms with van der Waals surface area (Å²) in [4.78, 5) is 24.8. The summed E-state index contributed by atoms with van der Waals surface area (Å²) < 4.78 is 1.86. The van der Waals surface area contributed by atoms with Gasteiger partial charge in [-0.1, -0.05) is 42.0 Å². The lowest BCUT2D eigenvalue weighted by Crippen LogP contribution is -2.35. The number of rotatable bonds is 3. The molecule has 0 fully saturated rings. The van der Waals surface area contributed by atoms with Crippen LogP contribution in [-0.2, 0) is 0 Å². The second-order valence-corrected chi connectivity index (χ2v) is 6.12. The van der Waals surface area contributed by atoms with Crippen LogP contribution in [0.5, 0.6) is 0 Å². The number of hydrogen-bond donors (Lipinski definition) is 1.